The van der Waals surface area contributed by atoms with Crippen LogP contribution in [-0.4, -0.2) is 49.3 Å². The maximum absolute atomic E-state index is 14.8. The van der Waals surface area contributed by atoms with Crippen LogP contribution in [0.3, 0.4) is 0 Å². The van der Waals surface area contributed by atoms with Crippen LogP contribution < -0.4 is 17.9 Å². The molecule has 12 nitrogen and oxygen atoms in total. The van der Waals surface area contributed by atoms with Crippen molar-refractivity contribution in [2.45, 2.75) is 96.3 Å². The fourth-order valence-electron chi connectivity index (χ4n) is 12.3. The number of anilines is 2. The van der Waals surface area contributed by atoms with Gasteiger partial charge in [0.15, 0.2) is 12.5 Å². The topological polar surface area (TPSA) is 136 Å². The highest BCUT2D eigenvalue weighted by Crippen LogP contribution is 2.51. The molecular formula is C63H52N4O8S4. The Kier molecular flexibility index (Phi) is 12.6. The molecule has 0 spiro atoms. The second kappa shape index (κ2) is 19.9. The Morgan fingerprint density at radius 1 is 0.494 bits per heavy atom. The number of unbranched alkanes of at least 4 members (excludes halogenated alkanes) is 2. The average Bonchev–Trinajstić information content (AvgIpc) is 4.33. The van der Waals surface area contributed by atoms with Gasteiger partial charge >= 0.3 is 12.2 Å². The summed E-state index contributed by atoms with van der Waals surface area (Å²) in [6.45, 7) is 8.33. The van der Waals surface area contributed by atoms with E-state index in [9.17, 15) is 19.2 Å². The third-order valence-electron chi connectivity index (χ3n) is 16.5. The standard InChI is InChI=1S/C63H52N4O8S4/c1-32-26-46-48(28-34(32)3)66(60(68)72-30-44-40-20-12-8-16-36(40)37-17-9-13-21-41(37)44)58-52(64-46)56-54(76-62(70)78-56)50(74-58)24-6-5-7-25-51-55-57(79-63(71)77-55)53-59(75-51)67(49-29-35(4)33(2)27-47(49)65-53)61(69)73-31-45-42-22-14-10-18-38(42)39-19-11-15-23-43(39)45/h8-23,26-29,44-45,50-51,58-59H,5-7,24-25,30-31H2,1-4H3/t50-,51-,58-,59-/m1/s1. The van der Waals surface area contributed by atoms with Crippen LogP contribution in [0.2, 0.25) is 0 Å². The quantitative estimate of drug-likeness (QED) is 0.124. The number of aryl methyl sites for hydroxylation is 4. The monoisotopic (exact) mass is 1120 g/mol. The van der Waals surface area contributed by atoms with Crippen LogP contribution in [0.4, 0.5) is 32.3 Å². The highest BCUT2D eigenvalue weighted by Gasteiger charge is 2.47. The molecule has 2 aromatic heterocycles. The van der Waals surface area contributed by atoms with E-state index in [2.05, 4.69) is 48.5 Å². The van der Waals surface area contributed by atoms with Crippen LogP contribution in [0, 0.1) is 27.7 Å². The van der Waals surface area contributed by atoms with Crippen molar-refractivity contribution in [3.63, 3.8) is 0 Å². The molecule has 4 atom stereocenters. The maximum Gasteiger partial charge on any atom is 0.416 e. The molecule has 4 aliphatic heterocycles. The van der Waals surface area contributed by atoms with E-state index in [1.54, 1.807) is 9.80 Å². The fraction of sp³-hybridized carbons (Fsp3) is 0.270. The normalized spacial score (nSPS) is 19.1. The van der Waals surface area contributed by atoms with Gasteiger partial charge in [0.2, 0.25) is 0 Å². The number of carbonyl (C=O) groups is 2. The van der Waals surface area contributed by atoms with E-state index in [-0.39, 0.29) is 33.2 Å². The SMILES string of the molecule is Cc1cc2c(cc1C)N(C(=O)OCC1c3ccccc3-c3ccccc31)[C@@H]1O[C@H](CCCCC[C@H]3O[C@@H]4C(=Nc5cc(C)c(C)cc5N4C(=O)OCC4c5ccccc5-c5ccccc54)c4sc(=O)sc43)c3sc(=O)sc3C1=N2. The number of rotatable bonds is 10. The van der Waals surface area contributed by atoms with Gasteiger partial charge in [0.05, 0.1) is 54.5 Å². The van der Waals surface area contributed by atoms with Gasteiger partial charge in [0.25, 0.3) is 8.11 Å². The Labute approximate surface area is 471 Å². The van der Waals surface area contributed by atoms with Gasteiger partial charge in [-0.15, -0.1) is 0 Å². The van der Waals surface area contributed by atoms with Gasteiger partial charge in [-0.05, 0) is 132 Å². The van der Waals surface area contributed by atoms with Crippen LogP contribution in [0.5, 0.6) is 0 Å². The first kappa shape index (κ1) is 50.1. The van der Waals surface area contributed by atoms with E-state index >= 15 is 0 Å². The van der Waals surface area contributed by atoms with Crippen molar-refractivity contribution in [2.75, 3.05) is 23.0 Å². The Morgan fingerprint density at radius 2 is 0.848 bits per heavy atom. The van der Waals surface area contributed by atoms with Crippen molar-refractivity contribution < 1.29 is 28.5 Å². The van der Waals surface area contributed by atoms with Crippen LogP contribution in [0.15, 0.2) is 141 Å². The minimum Gasteiger partial charge on any atom is -0.448 e. The van der Waals surface area contributed by atoms with Crippen LogP contribution >= 0.6 is 45.3 Å². The minimum atomic E-state index is -0.924. The summed E-state index contributed by atoms with van der Waals surface area (Å²) in [6, 6.07) is 41.0. The maximum atomic E-state index is 14.8. The third-order valence-corrected chi connectivity index (χ3v) is 21.0. The summed E-state index contributed by atoms with van der Waals surface area (Å²) >= 11 is 4.67. The van der Waals surface area contributed by atoms with Crippen molar-refractivity contribution in [3.8, 4) is 22.3 Å². The number of hydrogen-bond donors (Lipinski definition) is 0. The van der Waals surface area contributed by atoms with Gasteiger partial charge in [-0.25, -0.2) is 29.4 Å². The second-order valence-electron chi connectivity index (χ2n) is 21.1. The lowest BCUT2D eigenvalue weighted by molar-refractivity contribution is 0.00585. The molecule has 6 heterocycles. The number of fused-ring (bicyclic) bond motifs is 14. The van der Waals surface area contributed by atoms with Crippen molar-refractivity contribution >= 4 is 91.7 Å². The number of ether oxygens (including phenoxy) is 4. The van der Waals surface area contributed by atoms with Crippen molar-refractivity contribution in [1.29, 1.82) is 0 Å². The molecule has 16 heteroatoms. The molecule has 0 radical (unpaired) electrons. The summed E-state index contributed by atoms with van der Waals surface area (Å²) < 4.78 is 26.6. The highest BCUT2D eigenvalue weighted by molar-refractivity contribution is 7.29. The molecular weight excluding hydrogens is 1070 g/mol. The summed E-state index contributed by atoms with van der Waals surface area (Å²) in [6.07, 6.45) is -0.531. The van der Waals surface area contributed by atoms with Crippen molar-refractivity contribution in [1.82, 2.24) is 0 Å². The number of hydrogen-bond acceptors (Lipinski definition) is 14. The van der Waals surface area contributed by atoms with Crippen molar-refractivity contribution in [2.24, 2.45) is 9.98 Å². The van der Waals surface area contributed by atoms with Crippen LogP contribution in [-0.2, 0) is 18.9 Å². The summed E-state index contributed by atoms with van der Waals surface area (Å²) in [5.74, 6) is -0.280. The van der Waals surface area contributed by atoms with E-state index < -0.39 is 36.9 Å². The molecule has 0 fully saturated rings. The van der Waals surface area contributed by atoms with Crippen LogP contribution in [0.1, 0.15) is 120 Å². The number of aliphatic imine (C=N–C) groups is 2. The first-order valence-electron chi connectivity index (χ1n) is 26.7. The number of amides is 2. The van der Waals surface area contributed by atoms with E-state index in [1.807, 2.05) is 100 Å². The Hall–Kier alpha value is -7.18. The third kappa shape index (κ3) is 8.49. The van der Waals surface area contributed by atoms with E-state index in [1.165, 1.54) is 22.7 Å². The smallest absolute Gasteiger partial charge is 0.416 e. The van der Waals surface area contributed by atoms with E-state index in [0.717, 1.165) is 128 Å². The number of carbonyl (C=O) groups excluding carboxylic acids is 2. The number of nitrogens with zero attached hydrogens (tertiary/aromatic N) is 4. The molecule has 0 N–H and O–H groups in total. The summed E-state index contributed by atoms with van der Waals surface area (Å²) in [7, 11) is 0. The zero-order valence-corrected chi connectivity index (χ0v) is 46.9. The molecule has 0 unspecified atom stereocenters. The van der Waals surface area contributed by atoms with Gasteiger partial charge < -0.3 is 18.9 Å². The summed E-state index contributed by atoms with van der Waals surface area (Å²) in [4.78, 5) is 72.8. The van der Waals surface area contributed by atoms with Gasteiger partial charge in [0.1, 0.15) is 24.6 Å². The fourth-order valence-corrected chi connectivity index (χ4v) is 16.9. The Bertz CT molecular complexity index is 3690. The molecule has 0 saturated carbocycles. The molecule has 6 aromatic carbocycles. The molecule has 0 saturated heterocycles. The van der Waals surface area contributed by atoms with E-state index in [0.29, 0.717) is 47.0 Å². The average molecular weight is 1120 g/mol. The predicted octanol–water partition coefficient (Wildman–Crippen LogP) is 15.1. The molecule has 0 bridgehead atoms. The molecule has 396 valence electrons. The molecule has 2 amide bonds. The predicted molar refractivity (Wildman–Crippen MR) is 315 cm³/mol. The highest BCUT2D eigenvalue weighted by atomic mass is 32.2. The second-order valence-corrected chi connectivity index (χ2v) is 25.6. The van der Waals surface area contributed by atoms with Crippen LogP contribution in [0.25, 0.3) is 22.3 Å². The van der Waals surface area contributed by atoms with Gasteiger partial charge in [-0.3, -0.25) is 9.59 Å². The Morgan fingerprint density at radius 3 is 1.23 bits per heavy atom. The Balaban J connectivity index is 0.697. The lowest BCUT2D eigenvalue weighted by Crippen LogP contribution is -2.51. The summed E-state index contributed by atoms with van der Waals surface area (Å²) in [5, 5.41) is 0. The minimum absolute atomic E-state index is 0.0637. The first-order chi connectivity index (χ1) is 38.5. The van der Waals surface area contributed by atoms with Gasteiger partial charge in [-0.1, -0.05) is 162 Å². The zero-order valence-electron chi connectivity index (χ0n) is 43.6. The largest absolute Gasteiger partial charge is 0.448 e. The summed E-state index contributed by atoms with van der Waals surface area (Å²) in [5.41, 5.74) is 16.6. The molecule has 8 aromatic rings. The first-order valence-corrected chi connectivity index (χ1v) is 30.0. The molecule has 79 heavy (non-hydrogen) atoms. The lowest BCUT2D eigenvalue weighted by Gasteiger charge is -2.40. The molecule has 14 rings (SSSR count). The van der Waals surface area contributed by atoms with E-state index in [4.69, 9.17) is 28.9 Å². The van der Waals surface area contributed by atoms with Crippen molar-refractivity contribution in [3.05, 3.63) is 203 Å². The number of benzene rings is 6. The zero-order chi connectivity index (χ0) is 53.8. The lowest BCUT2D eigenvalue weighted by atomic mass is 9.98. The van der Waals surface area contributed by atoms with Gasteiger partial charge in [0, 0.05) is 11.8 Å². The van der Waals surface area contributed by atoms with Gasteiger partial charge in [-0.2, -0.15) is 0 Å². The molecule has 2 aliphatic carbocycles. The molecule has 6 aliphatic rings.